The van der Waals surface area contributed by atoms with Crippen molar-refractivity contribution >= 4 is 5.91 Å². The Bertz CT molecular complexity index is 514. The van der Waals surface area contributed by atoms with Crippen LogP contribution in [-0.4, -0.2) is 54.1 Å². The number of nitrogens with one attached hydrogen (secondary N) is 2. The standard InChI is InChI=1S/C12H18N4O3/c1-8-14-9(5-11(17)15-8)10-7-19-4-3-16(10)12(18)6-13-2/h5,10,13H,3-4,6-7H2,1-2H3,(H,14,15,17)/t10-/m1/s1. The van der Waals surface area contributed by atoms with Crippen molar-refractivity contribution in [1.82, 2.24) is 20.2 Å². The Morgan fingerprint density at radius 2 is 2.47 bits per heavy atom. The molecule has 1 amide bonds. The second kappa shape index (κ2) is 5.94. The third kappa shape index (κ3) is 3.18. The SMILES string of the molecule is CNCC(=O)N1CCOC[C@@H]1c1cc(=O)[nH]c(C)n1. The summed E-state index contributed by atoms with van der Waals surface area (Å²) in [5, 5.41) is 2.84. The van der Waals surface area contributed by atoms with Gasteiger partial charge in [0.1, 0.15) is 5.82 Å². The number of likely N-dealkylation sites (N-methyl/N-ethyl adjacent to an activating group) is 1. The number of rotatable bonds is 3. The normalized spacial score (nSPS) is 19.5. The van der Waals surface area contributed by atoms with Crippen LogP contribution in [0.15, 0.2) is 10.9 Å². The molecular weight excluding hydrogens is 248 g/mol. The first-order valence-electron chi connectivity index (χ1n) is 6.21. The van der Waals surface area contributed by atoms with E-state index in [1.54, 1.807) is 18.9 Å². The maximum Gasteiger partial charge on any atom is 0.251 e. The fourth-order valence-electron chi connectivity index (χ4n) is 2.17. The van der Waals surface area contributed by atoms with Crippen LogP contribution >= 0.6 is 0 Å². The van der Waals surface area contributed by atoms with Crippen molar-refractivity contribution in [3.8, 4) is 0 Å². The molecule has 2 rings (SSSR count). The molecule has 1 aromatic rings. The van der Waals surface area contributed by atoms with Crippen LogP contribution in [0.4, 0.5) is 0 Å². The molecule has 1 atom stereocenters. The van der Waals surface area contributed by atoms with Crippen LogP contribution in [0, 0.1) is 6.92 Å². The van der Waals surface area contributed by atoms with Gasteiger partial charge in [0.2, 0.25) is 5.91 Å². The summed E-state index contributed by atoms with van der Waals surface area (Å²) < 4.78 is 5.41. The maximum absolute atomic E-state index is 12.0. The fraction of sp³-hybridized carbons (Fsp3) is 0.583. The lowest BCUT2D eigenvalue weighted by atomic mass is 10.1. The molecule has 7 nitrogen and oxygen atoms in total. The van der Waals surface area contributed by atoms with E-state index in [1.807, 2.05) is 0 Å². The lowest BCUT2D eigenvalue weighted by molar-refractivity contribution is -0.139. The van der Waals surface area contributed by atoms with Gasteiger partial charge in [0.25, 0.3) is 5.56 Å². The van der Waals surface area contributed by atoms with Crippen LogP contribution in [-0.2, 0) is 9.53 Å². The third-order valence-electron chi connectivity index (χ3n) is 3.00. The second-order valence-electron chi connectivity index (χ2n) is 4.46. The summed E-state index contributed by atoms with van der Waals surface area (Å²) >= 11 is 0. The third-order valence-corrected chi connectivity index (χ3v) is 3.00. The largest absolute Gasteiger partial charge is 0.377 e. The minimum atomic E-state index is -0.296. The number of carbonyl (C=O) groups excluding carboxylic acids is 1. The number of morpholine rings is 1. The molecule has 104 valence electrons. The predicted octanol–water partition coefficient (Wildman–Crippen LogP) is -0.802. The summed E-state index contributed by atoms with van der Waals surface area (Å²) in [6, 6.07) is 1.13. The molecule has 1 saturated heterocycles. The van der Waals surface area contributed by atoms with E-state index >= 15 is 0 Å². The van der Waals surface area contributed by atoms with E-state index in [-0.39, 0.29) is 24.1 Å². The highest BCUT2D eigenvalue weighted by Gasteiger charge is 2.29. The number of amides is 1. The molecule has 0 radical (unpaired) electrons. The van der Waals surface area contributed by atoms with Gasteiger partial charge in [-0.3, -0.25) is 9.59 Å². The van der Waals surface area contributed by atoms with Gasteiger partial charge in [-0.15, -0.1) is 0 Å². The number of aromatic nitrogens is 2. The first-order chi connectivity index (χ1) is 9.11. The number of hydrogen-bond acceptors (Lipinski definition) is 5. The monoisotopic (exact) mass is 266 g/mol. The summed E-state index contributed by atoms with van der Waals surface area (Å²) in [6.07, 6.45) is 0. The molecule has 0 bridgehead atoms. The van der Waals surface area contributed by atoms with Gasteiger partial charge in [-0.25, -0.2) is 4.98 Å². The van der Waals surface area contributed by atoms with E-state index in [9.17, 15) is 9.59 Å². The summed E-state index contributed by atoms with van der Waals surface area (Å²) in [4.78, 5) is 32.2. The van der Waals surface area contributed by atoms with Gasteiger partial charge >= 0.3 is 0 Å². The number of H-pyrrole nitrogens is 1. The lowest BCUT2D eigenvalue weighted by Crippen LogP contribution is -2.46. The van der Waals surface area contributed by atoms with Crippen LogP contribution < -0.4 is 10.9 Å². The zero-order valence-electron chi connectivity index (χ0n) is 11.1. The Balaban J connectivity index is 2.28. The summed E-state index contributed by atoms with van der Waals surface area (Å²) in [5.74, 6) is 0.518. The van der Waals surface area contributed by atoms with Gasteiger partial charge in [-0.1, -0.05) is 0 Å². The second-order valence-corrected chi connectivity index (χ2v) is 4.46. The van der Waals surface area contributed by atoms with Gasteiger partial charge in [0.15, 0.2) is 0 Å². The van der Waals surface area contributed by atoms with Crippen molar-refractivity contribution < 1.29 is 9.53 Å². The summed E-state index contributed by atoms with van der Waals surface area (Å²) in [6.45, 7) is 3.37. The number of aryl methyl sites for hydroxylation is 1. The minimum absolute atomic E-state index is 0.0180. The molecule has 19 heavy (non-hydrogen) atoms. The molecular formula is C12H18N4O3. The van der Waals surface area contributed by atoms with Crippen LogP contribution in [0.2, 0.25) is 0 Å². The van der Waals surface area contributed by atoms with E-state index in [0.29, 0.717) is 31.3 Å². The van der Waals surface area contributed by atoms with Crippen molar-refractivity contribution in [3.63, 3.8) is 0 Å². The molecule has 0 saturated carbocycles. The molecule has 1 aliphatic heterocycles. The number of ether oxygens (including phenoxy) is 1. The highest BCUT2D eigenvalue weighted by atomic mass is 16.5. The molecule has 0 spiro atoms. The number of hydrogen-bond donors (Lipinski definition) is 2. The maximum atomic E-state index is 12.0. The van der Waals surface area contributed by atoms with E-state index in [1.165, 1.54) is 6.07 Å². The molecule has 1 fully saturated rings. The van der Waals surface area contributed by atoms with Crippen molar-refractivity contribution in [3.05, 3.63) is 27.9 Å². The van der Waals surface area contributed by atoms with Crippen LogP contribution in [0.25, 0.3) is 0 Å². The molecule has 0 aromatic carbocycles. The van der Waals surface area contributed by atoms with E-state index in [4.69, 9.17) is 4.74 Å². The zero-order valence-corrected chi connectivity index (χ0v) is 11.1. The molecule has 1 aliphatic rings. The molecule has 1 aromatic heterocycles. The van der Waals surface area contributed by atoms with E-state index in [2.05, 4.69) is 15.3 Å². The predicted molar refractivity (Wildman–Crippen MR) is 68.8 cm³/mol. The molecule has 2 heterocycles. The van der Waals surface area contributed by atoms with Crippen molar-refractivity contribution in [2.45, 2.75) is 13.0 Å². The Kier molecular flexibility index (Phi) is 4.28. The fourth-order valence-corrected chi connectivity index (χ4v) is 2.17. The van der Waals surface area contributed by atoms with Gasteiger partial charge in [-0.2, -0.15) is 0 Å². The van der Waals surface area contributed by atoms with E-state index < -0.39 is 0 Å². The molecule has 0 unspecified atom stereocenters. The lowest BCUT2D eigenvalue weighted by Gasteiger charge is -2.35. The summed E-state index contributed by atoms with van der Waals surface area (Å²) in [7, 11) is 1.73. The highest BCUT2D eigenvalue weighted by Crippen LogP contribution is 2.21. The average Bonchev–Trinajstić information content (AvgIpc) is 2.38. The van der Waals surface area contributed by atoms with Crippen LogP contribution in [0.5, 0.6) is 0 Å². The van der Waals surface area contributed by atoms with Gasteiger partial charge < -0.3 is 19.9 Å². The highest BCUT2D eigenvalue weighted by molar-refractivity contribution is 5.78. The number of aromatic amines is 1. The van der Waals surface area contributed by atoms with Crippen molar-refractivity contribution in [2.75, 3.05) is 33.4 Å². The quantitative estimate of drug-likeness (QED) is 0.747. The first kappa shape index (κ1) is 13.7. The van der Waals surface area contributed by atoms with Crippen molar-refractivity contribution in [1.29, 1.82) is 0 Å². The van der Waals surface area contributed by atoms with Gasteiger partial charge in [0, 0.05) is 12.6 Å². The Hall–Kier alpha value is -1.73. The number of carbonyl (C=O) groups is 1. The average molecular weight is 266 g/mol. The van der Waals surface area contributed by atoms with Gasteiger partial charge in [0.05, 0.1) is 31.5 Å². The van der Waals surface area contributed by atoms with E-state index in [0.717, 1.165) is 0 Å². The first-order valence-corrected chi connectivity index (χ1v) is 6.21. The van der Waals surface area contributed by atoms with Crippen LogP contribution in [0.3, 0.4) is 0 Å². The Morgan fingerprint density at radius 3 is 3.16 bits per heavy atom. The molecule has 7 heteroatoms. The summed E-state index contributed by atoms with van der Waals surface area (Å²) in [5.41, 5.74) is 0.361. The molecule has 0 aliphatic carbocycles. The zero-order chi connectivity index (χ0) is 13.8. The van der Waals surface area contributed by atoms with Crippen LogP contribution in [0.1, 0.15) is 17.6 Å². The Labute approximate surface area is 111 Å². The van der Waals surface area contributed by atoms with Crippen molar-refractivity contribution in [2.24, 2.45) is 0 Å². The smallest absolute Gasteiger partial charge is 0.251 e. The molecule has 2 N–H and O–H groups in total. The topological polar surface area (TPSA) is 87.3 Å². The Morgan fingerprint density at radius 1 is 1.68 bits per heavy atom. The number of nitrogens with zero attached hydrogens (tertiary/aromatic N) is 2. The van der Waals surface area contributed by atoms with Gasteiger partial charge in [-0.05, 0) is 14.0 Å². The minimum Gasteiger partial charge on any atom is -0.377 e.